The molecule has 3 heteroatoms. The van der Waals surface area contributed by atoms with Gasteiger partial charge in [-0.2, -0.15) is 0 Å². The molecule has 0 N–H and O–H groups in total. The van der Waals surface area contributed by atoms with Gasteiger partial charge in [0.15, 0.2) is 0 Å². The molecule has 3 nitrogen and oxygen atoms in total. The van der Waals surface area contributed by atoms with Gasteiger partial charge in [0.05, 0.1) is 5.60 Å². The molecule has 0 aromatic heterocycles. The summed E-state index contributed by atoms with van der Waals surface area (Å²) in [5, 5.41) is 0. The maximum Gasteiger partial charge on any atom is 0.303 e. The van der Waals surface area contributed by atoms with Gasteiger partial charge >= 0.3 is 5.97 Å². The Labute approximate surface area is 135 Å². The normalized spacial score (nSPS) is 13.3. The minimum absolute atomic E-state index is 0. The van der Waals surface area contributed by atoms with Crippen LogP contribution in [0, 0.1) is 5.41 Å². The van der Waals surface area contributed by atoms with Crippen molar-refractivity contribution in [1.82, 2.24) is 0 Å². The lowest BCUT2D eigenvalue weighted by Crippen LogP contribution is -2.57. The van der Waals surface area contributed by atoms with E-state index in [0.717, 1.165) is 6.42 Å². The van der Waals surface area contributed by atoms with Crippen LogP contribution in [0.4, 0.5) is 0 Å². The molecule has 0 aromatic carbocycles. The van der Waals surface area contributed by atoms with E-state index in [2.05, 4.69) is 27.7 Å². The Balaban J connectivity index is -0.000000213. The van der Waals surface area contributed by atoms with Gasteiger partial charge in [0, 0.05) is 18.9 Å². The van der Waals surface area contributed by atoms with E-state index in [1.54, 1.807) is 0 Å². The molecule has 0 aliphatic heterocycles. The van der Waals surface area contributed by atoms with Crippen LogP contribution in [0.5, 0.6) is 0 Å². The standard InChI is InChI=1S/C14H28O3.4CH4/c1-9-14(8,12(4,5)16-10-2)13(6,7)17-11(3)15;;;;/h9-10H2,1-8H3;4*1H4. The van der Waals surface area contributed by atoms with Crippen LogP contribution in [0.2, 0.25) is 0 Å². The molecule has 0 aliphatic rings. The first-order chi connectivity index (χ1) is 7.54. The van der Waals surface area contributed by atoms with Gasteiger partial charge in [-0.3, -0.25) is 4.79 Å². The number of rotatable bonds is 6. The summed E-state index contributed by atoms with van der Waals surface area (Å²) in [4.78, 5) is 11.2. The van der Waals surface area contributed by atoms with Crippen molar-refractivity contribution in [3.8, 4) is 0 Å². The van der Waals surface area contributed by atoms with Gasteiger partial charge in [-0.1, -0.05) is 43.6 Å². The van der Waals surface area contributed by atoms with E-state index in [4.69, 9.17) is 9.47 Å². The van der Waals surface area contributed by atoms with Crippen LogP contribution in [-0.4, -0.2) is 23.8 Å². The van der Waals surface area contributed by atoms with Crippen molar-refractivity contribution in [3.05, 3.63) is 0 Å². The minimum atomic E-state index is -0.563. The van der Waals surface area contributed by atoms with Crippen molar-refractivity contribution in [2.24, 2.45) is 5.41 Å². The molecule has 0 amide bonds. The first-order valence-electron chi connectivity index (χ1n) is 6.37. The lowest BCUT2D eigenvalue weighted by atomic mass is 9.63. The minimum Gasteiger partial charge on any atom is -0.459 e. The second kappa shape index (κ2) is 11.1. The van der Waals surface area contributed by atoms with Crippen LogP contribution in [0.25, 0.3) is 0 Å². The maximum atomic E-state index is 11.2. The first kappa shape index (κ1) is 32.4. The molecule has 0 radical (unpaired) electrons. The highest BCUT2D eigenvalue weighted by Crippen LogP contribution is 2.47. The summed E-state index contributed by atoms with van der Waals surface area (Å²) in [6.45, 7) is 16.3. The van der Waals surface area contributed by atoms with Gasteiger partial charge in [-0.15, -0.1) is 0 Å². The Hall–Kier alpha value is -0.570. The zero-order chi connectivity index (χ0) is 13.9. The van der Waals surface area contributed by atoms with E-state index in [9.17, 15) is 4.79 Å². The molecular formula is C18H44O3. The van der Waals surface area contributed by atoms with Crippen LogP contribution >= 0.6 is 0 Å². The molecule has 1 atom stereocenters. The number of carbonyl (C=O) groups excluding carboxylic acids is 1. The van der Waals surface area contributed by atoms with Crippen molar-refractivity contribution in [2.75, 3.05) is 6.61 Å². The van der Waals surface area contributed by atoms with Crippen molar-refractivity contribution in [2.45, 2.75) is 103 Å². The van der Waals surface area contributed by atoms with Gasteiger partial charge in [0.1, 0.15) is 5.60 Å². The van der Waals surface area contributed by atoms with E-state index in [0.29, 0.717) is 6.61 Å². The molecule has 0 heterocycles. The highest BCUT2D eigenvalue weighted by atomic mass is 16.6. The third-order valence-electron chi connectivity index (χ3n) is 4.27. The van der Waals surface area contributed by atoms with Gasteiger partial charge in [-0.25, -0.2) is 0 Å². The summed E-state index contributed by atoms with van der Waals surface area (Å²) in [5.41, 5.74) is -1.16. The SMILES string of the molecule is C.C.C.C.CCOC(C)(C)C(C)(CC)C(C)(C)OC(C)=O. The third-order valence-corrected chi connectivity index (χ3v) is 4.27. The van der Waals surface area contributed by atoms with Gasteiger partial charge < -0.3 is 9.47 Å². The summed E-state index contributed by atoms with van der Waals surface area (Å²) in [6.07, 6.45) is 0.875. The number of ether oxygens (including phenoxy) is 2. The smallest absolute Gasteiger partial charge is 0.303 e. The molecule has 0 saturated heterocycles. The molecule has 0 saturated carbocycles. The number of hydrogen-bond donors (Lipinski definition) is 0. The summed E-state index contributed by atoms with van der Waals surface area (Å²) in [7, 11) is 0. The van der Waals surface area contributed by atoms with E-state index >= 15 is 0 Å². The molecule has 0 spiro atoms. The topological polar surface area (TPSA) is 35.5 Å². The zero-order valence-electron chi connectivity index (χ0n) is 12.6. The predicted molar refractivity (Wildman–Crippen MR) is 96.9 cm³/mol. The van der Waals surface area contributed by atoms with Crippen molar-refractivity contribution >= 4 is 5.97 Å². The summed E-state index contributed by atoms with van der Waals surface area (Å²) < 4.78 is 11.4. The van der Waals surface area contributed by atoms with Crippen molar-refractivity contribution in [3.63, 3.8) is 0 Å². The Bertz CT molecular complexity index is 270. The Morgan fingerprint density at radius 2 is 1.24 bits per heavy atom. The second-order valence-electron chi connectivity index (χ2n) is 5.73. The maximum absolute atomic E-state index is 11.2. The fraction of sp³-hybridized carbons (Fsp3) is 0.944. The van der Waals surface area contributed by atoms with E-state index in [1.807, 2.05) is 20.8 Å². The molecule has 0 bridgehead atoms. The van der Waals surface area contributed by atoms with Crippen LogP contribution < -0.4 is 0 Å². The average Bonchev–Trinajstić information content (AvgIpc) is 2.13. The largest absolute Gasteiger partial charge is 0.459 e. The Morgan fingerprint density at radius 3 is 1.48 bits per heavy atom. The first-order valence-corrected chi connectivity index (χ1v) is 6.37. The number of carbonyl (C=O) groups is 1. The fourth-order valence-electron chi connectivity index (χ4n) is 2.57. The Kier molecular flexibility index (Phi) is 17.1. The summed E-state index contributed by atoms with van der Waals surface area (Å²) >= 11 is 0. The third kappa shape index (κ3) is 6.82. The molecule has 134 valence electrons. The van der Waals surface area contributed by atoms with E-state index < -0.39 is 5.60 Å². The zero-order valence-corrected chi connectivity index (χ0v) is 12.6. The monoisotopic (exact) mass is 308 g/mol. The highest BCUT2D eigenvalue weighted by Gasteiger charge is 2.53. The lowest BCUT2D eigenvalue weighted by Gasteiger charge is -2.52. The number of esters is 1. The van der Waals surface area contributed by atoms with E-state index in [1.165, 1.54) is 6.92 Å². The summed E-state index contributed by atoms with van der Waals surface area (Å²) in [6, 6.07) is 0. The van der Waals surface area contributed by atoms with Crippen LogP contribution in [0.3, 0.4) is 0 Å². The quantitative estimate of drug-likeness (QED) is 0.556. The molecule has 0 aromatic rings. The van der Waals surface area contributed by atoms with Gasteiger partial charge in [0.25, 0.3) is 0 Å². The van der Waals surface area contributed by atoms with Gasteiger partial charge in [0.2, 0.25) is 0 Å². The van der Waals surface area contributed by atoms with Crippen LogP contribution in [-0.2, 0) is 14.3 Å². The Morgan fingerprint density at radius 1 is 0.857 bits per heavy atom. The van der Waals surface area contributed by atoms with Crippen molar-refractivity contribution in [1.29, 1.82) is 0 Å². The molecular weight excluding hydrogens is 264 g/mol. The predicted octanol–water partition coefficient (Wildman–Crippen LogP) is 6.10. The second-order valence-corrected chi connectivity index (χ2v) is 5.73. The number of hydrogen-bond acceptors (Lipinski definition) is 3. The molecule has 0 aliphatic carbocycles. The van der Waals surface area contributed by atoms with Crippen LogP contribution in [0.1, 0.15) is 91.5 Å². The average molecular weight is 309 g/mol. The molecule has 0 rings (SSSR count). The van der Waals surface area contributed by atoms with Gasteiger partial charge in [-0.05, 0) is 41.0 Å². The molecule has 0 fully saturated rings. The highest BCUT2D eigenvalue weighted by molar-refractivity contribution is 5.66. The fourth-order valence-corrected chi connectivity index (χ4v) is 2.57. The van der Waals surface area contributed by atoms with E-state index in [-0.39, 0.29) is 46.7 Å². The van der Waals surface area contributed by atoms with Crippen LogP contribution in [0.15, 0.2) is 0 Å². The molecule has 21 heavy (non-hydrogen) atoms. The summed E-state index contributed by atoms with van der Waals surface area (Å²) in [5.74, 6) is -0.248. The lowest BCUT2D eigenvalue weighted by molar-refractivity contribution is -0.206. The molecule has 1 unspecified atom stereocenters. The van der Waals surface area contributed by atoms with Crippen molar-refractivity contribution < 1.29 is 14.3 Å².